The van der Waals surface area contributed by atoms with Crippen LogP contribution < -0.4 is 14.8 Å². The molecule has 1 atom stereocenters. The van der Waals surface area contributed by atoms with Gasteiger partial charge in [-0.15, -0.1) is 0 Å². The summed E-state index contributed by atoms with van der Waals surface area (Å²) in [6, 6.07) is 11.6. The predicted octanol–water partition coefficient (Wildman–Crippen LogP) is 4.22. The van der Waals surface area contributed by atoms with Gasteiger partial charge in [0, 0.05) is 17.8 Å². The van der Waals surface area contributed by atoms with Crippen molar-refractivity contribution in [3.8, 4) is 22.9 Å². The van der Waals surface area contributed by atoms with Crippen molar-refractivity contribution in [2.75, 3.05) is 32.6 Å². The van der Waals surface area contributed by atoms with Crippen molar-refractivity contribution in [3.63, 3.8) is 0 Å². The SMILES string of the molecule is COc1ccc(-c2noc(CN3CCCC(C(=O)Nc4cc(C)ccc4C)C3)n2)cc1OC. The van der Waals surface area contributed by atoms with E-state index in [1.54, 1.807) is 14.2 Å². The van der Waals surface area contributed by atoms with E-state index in [1.807, 2.05) is 50.2 Å². The van der Waals surface area contributed by atoms with E-state index in [-0.39, 0.29) is 11.8 Å². The molecule has 0 bridgehead atoms. The molecule has 1 aliphatic heterocycles. The van der Waals surface area contributed by atoms with Gasteiger partial charge in [-0.1, -0.05) is 17.3 Å². The van der Waals surface area contributed by atoms with Crippen molar-refractivity contribution in [2.24, 2.45) is 5.92 Å². The molecule has 1 aliphatic rings. The maximum absolute atomic E-state index is 12.9. The van der Waals surface area contributed by atoms with Crippen LogP contribution in [-0.4, -0.2) is 48.3 Å². The van der Waals surface area contributed by atoms with E-state index >= 15 is 0 Å². The number of anilines is 1. The van der Waals surface area contributed by atoms with E-state index in [0.29, 0.717) is 36.3 Å². The Morgan fingerprint density at radius 3 is 2.76 bits per heavy atom. The number of hydrogen-bond acceptors (Lipinski definition) is 7. The van der Waals surface area contributed by atoms with Crippen molar-refractivity contribution < 1.29 is 18.8 Å². The van der Waals surface area contributed by atoms with Crippen molar-refractivity contribution in [1.82, 2.24) is 15.0 Å². The smallest absolute Gasteiger partial charge is 0.241 e. The highest BCUT2D eigenvalue weighted by atomic mass is 16.5. The molecule has 1 N–H and O–H groups in total. The third-order valence-electron chi connectivity index (χ3n) is 6.00. The average Bonchev–Trinajstić information content (AvgIpc) is 3.29. The minimum absolute atomic E-state index is 0.0601. The maximum Gasteiger partial charge on any atom is 0.241 e. The number of rotatable bonds is 7. The van der Waals surface area contributed by atoms with E-state index in [4.69, 9.17) is 14.0 Å². The molecule has 1 unspecified atom stereocenters. The summed E-state index contributed by atoms with van der Waals surface area (Å²) in [5.41, 5.74) is 3.86. The van der Waals surface area contributed by atoms with Crippen LogP contribution in [0.15, 0.2) is 40.9 Å². The molecular formula is C25H30N4O4. The number of aromatic nitrogens is 2. The summed E-state index contributed by atoms with van der Waals surface area (Å²) < 4.78 is 16.1. The third kappa shape index (κ3) is 5.34. The molecule has 1 saturated heterocycles. The zero-order chi connectivity index (χ0) is 23.4. The summed E-state index contributed by atoms with van der Waals surface area (Å²) in [6.07, 6.45) is 1.81. The first-order valence-corrected chi connectivity index (χ1v) is 11.1. The van der Waals surface area contributed by atoms with Crippen molar-refractivity contribution in [2.45, 2.75) is 33.2 Å². The second kappa shape index (κ2) is 10.0. The Morgan fingerprint density at radius 1 is 1.15 bits per heavy atom. The number of carbonyl (C=O) groups excluding carboxylic acids is 1. The molecule has 33 heavy (non-hydrogen) atoms. The minimum atomic E-state index is -0.0769. The number of piperidine rings is 1. The lowest BCUT2D eigenvalue weighted by Gasteiger charge is -2.31. The summed E-state index contributed by atoms with van der Waals surface area (Å²) in [4.78, 5) is 19.7. The zero-order valence-corrected chi connectivity index (χ0v) is 19.6. The number of nitrogens with one attached hydrogen (secondary N) is 1. The van der Waals surface area contributed by atoms with Crippen LogP contribution in [0.4, 0.5) is 5.69 Å². The predicted molar refractivity (Wildman–Crippen MR) is 125 cm³/mol. The molecule has 2 aromatic carbocycles. The fourth-order valence-corrected chi connectivity index (χ4v) is 4.12. The van der Waals surface area contributed by atoms with Gasteiger partial charge in [-0.05, 0) is 68.6 Å². The van der Waals surface area contributed by atoms with Crippen LogP contribution in [0.3, 0.4) is 0 Å². The molecule has 4 rings (SSSR count). The zero-order valence-electron chi connectivity index (χ0n) is 19.6. The fraction of sp³-hybridized carbons (Fsp3) is 0.400. The molecule has 0 saturated carbocycles. The topological polar surface area (TPSA) is 89.7 Å². The Labute approximate surface area is 193 Å². The second-order valence-electron chi connectivity index (χ2n) is 8.46. The van der Waals surface area contributed by atoms with Gasteiger partial charge in [-0.3, -0.25) is 9.69 Å². The molecule has 0 radical (unpaired) electrons. The number of methoxy groups -OCH3 is 2. The molecule has 8 nitrogen and oxygen atoms in total. The van der Waals surface area contributed by atoms with E-state index in [1.165, 1.54) is 0 Å². The van der Waals surface area contributed by atoms with Crippen molar-refractivity contribution in [3.05, 3.63) is 53.4 Å². The van der Waals surface area contributed by atoms with Gasteiger partial charge in [0.15, 0.2) is 11.5 Å². The highest BCUT2D eigenvalue weighted by molar-refractivity contribution is 5.93. The Hall–Kier alpha value is -3.39. The molecule has 1 aromatic heterocycles. The molecule has 0 spiro atoms. The summed E-state index contributed by atoms with van der Waals surface area (Å²) in [5.74, 6) is 2.25. The van der Waals surface area contributed by atoms with Gasteiger partial charge in [-0.2, -0.15) is 4.98 Å². The lowest BCUT2D eigenvalue weighted by Crippen LogP contribution is -2.40. The molecule has 3 aromatic rings. The highest BCUT2D eigenvalue weighted by Gasteiger charge is 2.27. The van der Waals surface area contributed by atoms with Gasteiger partial charge in [0.25, 0.3) is 0 Å². The molecular weight excluding hydrogens is 420 g/mol. The molecule has 1 fully saturated rings. The third-order valence-corrected chi connectivity index (χ3v) is 6.00. The van der Waals surface area contributed by atoms with Crippen LogP contribution in [0, 0.1) is 19.8 Å². The van der Waals surface area contributed by atoms with Crippen LogP contribution in [0.5, 0.6) is 11.5 Å². The summed E-state index contributed by atoms with van der Waals surface area (Å²) in [5, 5.41) is 7.23. The monoisotopic (exact) mass is 450 g/mol. The Balaban J connectivity index is 1.39. The minimum Gasteiger partial charge on any atom is -0.493 e. The number of benzene rings is 2. The highest BCUT2D eigenvalue weighted by Crippen LogP contribution is 2.31. The van der Waals surface area contributed by atoms with Gasteiger partial charge < -0.3 is 19.3 Å². The number of aryl methyl sites for hydroxylation is 2. The van der Waals surface area contributed by atoms with Crippen LogP contribution in [-0.2, 0) is 11.3 Å². The fourth-order valence-electron chi connectivity index (χ4n) is 4.12. The van der Waals surface area contributed by atoms with Crippen LogP contribution in [0.25, 0.3) is 11.4 Å². The van der Waals surface area contributed by atoms with Gasteiger partial charge in [-0.25, -0.2) is 0 Å². The normalized spacial score (nSPS) is 16.4. The molecule has 8 heteroatoms. The van der Waals surface area contributed by atoms with Gasteiger partial charge in [0.05, 0.1) is 26.7 Å². The maximum atomic E-state index is 12.9. The number of carbonyl (C=O) groups is 1. The second-order valence-corrected chi connectivity index (χ2v) is 8.46. The van der Waals surface area contributed by atoms with Crippen LogP contribution in [0.2, 0.25) is 0 Å². The molecule has 2 heterocycles. The van der Waals surface area contributed by atoms with E-state index in [0.717, 1.165) is 41.8 Å². The van der Waals surface area contributed by atoms with Gasteiger partial charge >= 0.3 is 0 Å². The number of ether oxygens (including phenoxy) is 2. The van der Waals surface area contributed by atoms with Crippen LogP contribution >= 0.6 is 0 Å². The molecule has 0 aliphatic carbocycles. The first kappa shape index (κ1) is 22.8. The average molecular weight is 451 g/mol. The van der Waals surface area contributed by atoms with Gasteiger partial charge in [0.1, 0.15) is 0 Å². The standard InChI is InChI=1S/C25H30N4O4/c1-16-7-8-17(2)20(12-16)26-25(30)19-6-5-11-29(14-19)15-23-27-24(28-33-23)18-9-10-21(31-3)22(13-18)32-4/h7-10,12-13,19H,5-6,11,14-15H2,1-4H3,(H,26,30). The van der Waals surface area contributed by atoms with E-state index < -0.39 is 0 Å². The van der Waals surface area contributed by atoms with E-state index in [9.17, 15) is 4.79 Å². The first-order chi connectivity index (χ1) is 16.0. The van der Waals surface area contributed by atoms with Gasteiger partial charge in [0.2, 0.25) is 17.6 Å². The van der Waals surface area contributed by atoms with E-state index in [2.05, 4.69) is 20.4 Å². The first-order valence-electron chi connectivity index (χ1n) is 11.1. The lowest BCUT2D eigenvalue weighted by atomic mass is 9.96. The Kier molecular flexibility index (Phi) is 6.93. The number of amides is 1. The van der Waals surface area contributed by atoms with Crippen molar-refractivity contribution >= 4 is 11.6 Å². The largest absolute Gasteiger partial charge is 0.493 e. The Bertz CT molecular complexity index is 1130. The summed E-state index contributed by atoms with van der Waals surface area (Å²) in [6.45, 7) is 6.09. The number of likely N-dealkylation sites (tertiary alicyclic amines) is 1. The van der Waals surface area contributed by atoms with Crippen molar-refractivity contribution in [1.29, 1.82) is 0 Å². The quantitative estimate of drug-likeness (QED) is 0.576. The molecule has 174 valence electrons. The number of nitrogens with zero attached hydrogens (tertiary/aromatic N) is 3. The summed E-state index contributed by atoms with van der Waals surface area (Å²) >= 11 is 0. The number of hydrogen-bond donors (Lipinski definition) is 1. The molecule has 1 amide bonds. The summed E-state index contributed by atoms with van der Waals surface area (Å²) in [7, 11) is 3.19. The Morgan fingerprint density at radius 2 is 1.97 bits per heavy atom. The van der Waals surface area contributed by atoms with Crippen LogP contribution in [0.1, 0.15) is 29.9 Å². The lowest BCUT2D eigenvalue weighted by molar-refractivity contribution is -0.121.